The summed E-state index contributed by atoms with van der Waals surface area (Å²) in [7, 11) is 0. The molecule has 3 fully saturated rings. The van der Waals surface area contributed by atoms with Crippen molar-refractivity contribution in [1.82, 2.24) is 9.80 Å². The molecule has 1 spiro atoms. The summed E-state index contributed by atoms with van der Waals surface area (Å²) < 4.78 is 0. The van der Waals surface area contributed by atoms with Crippen molar-refractivity contribution in [2.24, 2.45) is 0 Å². The van der Waals surface area contributed by atoms with E-state index in [9.17, 15) is 19.8 Å². The minimum atomic E-state index is -0.731. The van der Waals surface area contributed by atoms with Crippen LogP contribution in [-0.4, -0.2) is 62.6 Å². The monoisotopic (exact) mass is 400 g/mol. The first-order valence-electron chi connectivity index (χ1n) is 10.9. The third-order valence-corrected chi connectivity index (χ3v) is 7.23. The minimum Gasteiger partial charge on any atom is -0.507 e. The number of benzene rings is 1. The topological polar surface area (TPSA) is 81.1 Å². The number of carbonyl (C=O) groups excluding carboxylic acids is 2. The standard InChI is InChI=1S/C23H32N2O4/c1-15-13-17(14-16(2)20(15)27)21(28)25-12-4-10-23(25)9-3-11-24(22(23)29)18-5-7-19(26)8-6-18/h13-14,18-19,26-27H,3-12H2,1-2H3. The van der Waals surface area contributed by atoms with E-state index in [1.807, 2.05) is 9.80 Å². The second-order valence-electron chi connectivity index (χ2n) is 9.12. The van der Waals surface area contributed by atoms with E-state index in [-0.39, 0.29) is 29.7 Å². The molecule has 1 saturated carbocycles. The molecular weight excluding hydrogens is 368 g/mol. The number of amides is 2. The van der Waals surface area contributed by atoms with Gasteiger partial charge in [-0.3, -0.25) is 9.59 Å². The van der Waals surface area contributed by atoms with E-state index in [0.717, 1.165) is 57.9 Å². The summed E-state index contributed by atoms with van der Waals surface area (Å²) in [6.07, 6.45) is 6.12. The Balaban J connectivity index is 1.60. The Bertz CT molecular complexity index is 792. The summed E-state index contributed by atoms with van der Waals surface area (Å²) in [4.78, 5) is 31.0. The molecule has 2 aliphatic heterocycles. The maximum atomic E-state index is 13.7. The van der Waals surface area contributed by atoms with Crippen LogP contribution in [0.25, 0.3) is 0 Å². The van der Waals surface area contributed by atoms with Crippen molar-refractivity contribution in [2.75, 3.05) is 13.1 Å². The summed E-state index contributed by atoms with van der Waals surface area (Å²) in [5.74, 6) is 0.211. The molecule has 0 aromatic heterocycles. The number of rotatable bonds is 2. The molecule has 3 aliphatic rings. The number of carbonyl (C=O) groups is 2. The smallest absolute Gasteiger partial charge is 0.254 e. The fourth-order valence-electron chi connectivity index (χ4n) is 5.63. The number of hydrogen-bond acceptors (Lipinski definition) is 4. The molecule has 4 rings (SSSR count). The second kappa shape index (κ2) is 7.63. The maximum Gasteiger partial charge on any atom is 0.254 e. The lowest BCUT2D eigenvalue weighted by Crippen LogP contribution is -2.63. The normalized spacial score (nSPS) is 30.2. The second-order valence-corrected chi connectivity index (χ2v) is 9.12. The predicted octanol–water partition coefficient (Wildman–Crippen LogP) is 2.91. The number of likely N-dealkylation sites (tertiary alicyclic amines) is 2. The van der Waals surface area contributed by atoms with Crippen molar-refractivity contribution in [2.45, 2.75) is 82.9 Å². The van der Waals surface area contributed by atoms with Gasteiger partial charge in [0.05, 0.1) is 6.10 Å². The Morgan fingerprint density at radius 2 is 1.62 bits per heavy atom. The molecule has 1 aromatic rings. The first kappa shape index (κ1) is 20.2. The fraction of sp³-hybridized carbons (Fsp3) is 0.652. The molecule has 158 valence electrons. The lowest BCUT2D eigenvalue weighted by Gasteiger charge is -2.48. The van der Waals surface area contributed by atoms with Crippen LogP contribution in [0.2, 0.25) is 0 Å². The Morgan fingerprint density at radius 1 is 1.03 bits per heavy atom. The van der Waals surface area contributed by atoms with Gasteiger partial charge in [-0.15, -0.1) is 0 Å². The molecule has 2 N–H and O–H groups in total. The van der Waals surface area contributed by atoms with Crippen LogP contribution in [0.5, 0.6) is 5.75 Å². The molecule has 1 aliphatic carbocycles. The quantitative estimate of drug-likeness (QED) is 0.800. The number of aromatic hydroxyl groups is 1. The van der Waals surface area contributed by atoms with E-state index < -0.39 is 5.54 Å². The van der Waals surface area contributed by atoms with Crippen molar-refractivity contribution in [3.8, 4) is 5.75 Å². The highest BCUT2D eigenvalue weighted by molar-refractivity contribution is 6.00. The zero-order valence-corrected chi connectivity index (χ0v) is 17.5. The van der Waals surface area contributed by atoms with E-state index in [1.54, 1.807) is 26.0 Å². The van der Waals surface area contributed by atoms with Gasteiger partial charge in [0.25, 0.3) is 5.91 Å². The Labute approximate surface area is 172 Å². The molecule has 0 bridgehead atoms. The lowest BCUT2D eigenvalue weighted by atomic mass is 9.82. The average Bonchev–Trinajstić information content (AvgIpc) is 3.12. The number of phenolic OH excluding ortho intramolecular Hbond substituents is 1. The van der Waals surface area contributed by atoms with Gasteiger partial charge in [0, 0.05) is 24.7 Å². The molecule has 1 unspecified atom stereocenters. The number of nitrogens with zero attached hydrogens (tertiary/aromatic N) is 2. The van der Waals surface area contributed by atoms with Gasteiger partial charge in [-0.25, -0.2) is 0 Å². The SMILES string of the molecule is Cc1cc(C(=O)N2CCCC23CCCN(C2CCC(O)CC2)C3=O)cc(C)c1O. The van der Waals surface area contributed by atoms with E-state index in [0.29, 0.717) is 23.2 Å². The van der Waals surface area contributed by atoms with Gasteiger partial charge in [-0.1, -0.05) is 0 Å². The molecule has 0 radical (unpaired) electrons. The van der Waals surface area contributed by atoms with Crippen LogP contribution in [0, 0.1) is 13.8 Å². The van der Waals surface area contributed by atoms with Crippen molar-refractivity contribution in [3.63, 3.8) is 0 Å². The summed E-state index contributed by atoms with van der Waals surface area (Å²) in [6, 6.07) is 3.63. The molecule has 1 aromatic carbocycles. The molecule has 2 saturated heterocycles. The first-order valence-corrected chi connectivity index (χ1v) is 10.9. The zero-order chi connectivity index (χ0) is 20.8. The highest BCUT2D eigenvalue weighted by Crippen LogP contribution is 2.41. The van der Waals surface area contributed by atoms with Crippen LogP contribution in [0.1, 0.15) is 72.9 Å². The highest BCUT2D eigenvalue weighted by Gasteiger charge is 2.53. The van der Waals surface area contributed by atoms with Crippen molar-refractivity contribution in [1.29, 1.82) is 0 Å². The first-order chi connectivity index (χ1) is 13.8. The average molecular weight is 401 g/mol. The molecule has 2 amide bonds. The highest BCUT2D eigenvalue weighted by atomic mass is 16.3. The molecule has 6 heteroatoms. The van der Waals surface area contributed by atoms with E-state index in [1.165, 1.54) is 0 Å². The van der Waals surface area contributed by atoms with Gasteiger partial charge in [0.1, 0.15) is 11.3 Å². The number of hydrogen-bond donors (Lipinski definition) is 2. The summed E-state index contributed by atoms with van der Waals surface area (Å²) >= 11 is 0. The molecule has 2 heterocycles. The van der Waals surface area contributed by atoms with Gasteiger partial charge in [0.2, 0.25) is 5.91 Å². The molecule has 1 atom stereocenters. The number of aliphatic hydroxyl groups is 1. The number of aliphatic hydroxyl groups excluding tert-OH is 1. The van der Waals surface area contributed by atoms with E-state index >= 15 is 0 Å². The van der Waals surface area contributed by atoms with Crippen LogP contribution in [0.4, 0.5) is 0 Å². The Hall–Kier alpha value is -2.08. The van der Waals surface area contributed by atoms with Crippen LogP contribution in [-0.2, 0) is 4.79 Å². The van der Waals surface area contributed by atoms with Crippen molar-refractivity contribution in [3.05, 3.63) is 28.8 Å². The third-order valence-electron chi connectivity index (χ3n) is 7.23. The van der Waals surface area contributed by atoms with Crippen LogP contribution in [0.3, 0.4) is 0 Å². The largest absolute Gasteiger partial charge is 0.507 e. The van der Waals surface area contributed by atoms with Gasteiger partial charge in [-0.05, 0) is 88.5 Å². The molecule has 6 nitrogen and oxygen atoms in total. The van der Waals surface area contributed by atoms with Crippen molar-refractivity contribution >= 4 is 11.8 Å². The zero-order valence-electron chi connectivity index (χ0n) is 17.5. The Morgan fingerprint density at radius 3 is 2.24 bits per heavy atom. The maximum absolute atomic E-state index is 13.7. The van der Waals surface area contributed by atoms with E-state index in [2.05, 4.69) is 0 Å². The van der Waals surface area contributed by atoms with Crippen LogP contribution in [0.15, 0.2) is 12.1 Å². The Kier molecular flexibility index (Phi) is 5.32. The van der Waals surface area contributed by atoms with Crippen molar-refractivity contribution < 1.29 is 19.8 Å². The van der Waals surface area contributed by atoms with Gasteiger partial charge in [-0.2, -0.15) is 0 Å². The summed E-state index contributed by atoms with van der Waals surface area (Å²) in [6.45, 7) is 4.94. The summed E-state index contributed by atoms with van der Waals surface area (Å²) in [5, 5.41) is 19.9. The minimum absolute atomic E-state index is 0.100. The van der Waals surface area contributed by atoms with Crippen LogP contribution >= 0.6 is 0 Å². The van der Waals surface area contributed by atoms with Crippen LogP contribution < -0.4 is 0 Å². The van der Waals surface area contributed by atoms with Gasteiger partial charge in [0.15, 0.2) is 0 Å². The predicted molar refractivity (Wildman–Crippen MR) is 110 cm³/mol. The third kappa shape index (κ3) is 3.41. The fourth-order valence-corrected chi connectivity index (χ4v) is 5.63. The number of phenols is 1. The van der Waals surface area contributed by atoms with Gasteiger partial charge >= 0.3 is 0 Å². The van der Waals surface area contributed by atoms with E-state index in [4.69, 9.17) is 0 Å². The number of aryl methyl sites for hydroxylation is 2. The number of piperidine rings is 1. The van der Waals surface area contributed by atoms with Gasteiger partial charge < -0.3 is 20.0 Å². The summed E-state index contributed by atoms with van der Waals surface area (Å²) in [5.41, 5.74) is 1.17. The molecule has 29 heavy (non-hydrogen) atoms. The lowest BCUT2D eigenvalue weighted by molar-refractivity contribution is -0.149. The molecular formula is C23H32N2O4.